The highest BCUT2D eigenvalue weighted by Gasteiger charge is 2.11. The van der Waals surface area contributed by atoms with E-state index in [0.717, 1.165) is 4.57 Å². The zero-order chi connectivity index (χ0) is 12.3. The van der Waals surface area contributed by atoms with E-state index in [1.54, 1.807) is 24.3 Å². The van der Waals surface area contributed by atoms with Gasteiger partial charge in [-0.3, -0.25) is 4.57 Å². The van der Waals surface area contributed by atoms with Crippen molar-refractivity contribution in [3.05, 3.63) is 42.5 Å². The standard InChI is InChI=1S/C11H11F2N3O/c12-11(13)16-6-5-15-10(16)7-17-9-4-2-1-3-8(9)14/h1-6,11H,7,14H2. The van der Waals surface area contributed by atoms with Crippen molar-refractivity contribution in [2.24, 2.45) is 0 Å². The van der Waals surface area contributed by atoms with Crippen molar-refractivity contribution in [3.8, 4) is 5.75 Å². The largest absolute Gasteiger partial charge is 0.484 e. The molecular weight excluding hydrogens is 228 g/mol. The van der Waals surface area contributed by atoms with Crippen LogP contribution in [0.5, 0.6) is 5.75 Å². The number of ether oxygens (including phenoxy) is 1. The Hall–Kier alpha value is -2.11. The molecule has 0 bridgehead atoms. The number of nitrogens with zero attached hydrogens (tertiary/aromatic N) is 2. The van der Waals surface area contributed by atoms with Crippen LogP contribution in [-0.4, -0.2) is 9.55 Å². The Labute approximate surface area is 96.6 Å². The monoisotopic (exact) mass is 239 g/mol. The maximum atomic E-state index is 12.5. The molecule has 1 heterocycles. The lowest BCUT2D eigenvalue weighted by Gasteiger charge is -2.09. The number of hydrogen-bond acceptors (Lipinski definition) is 3. The second-order valence-electron chi connectivity index (χ2n) is 3.35. The third-order valence-electron chi connectivity index (χ3n) is 2.23. The molecule has 0 aliphatic rings. The molecule has 1 aromatic carbocycles. The summed E-state index contributed by atoms with van der Waals surface area (Å²) in [6.45, 7) is -2.67. The van der Waals surface area contributed by atoms with Crippen LogP contribution in [0.25, 0.3) is 0 Å². The van der Waals surface area contributed by atoms with Gasteiger partial charge in [-0.05, 0) is 12.1 Å². The molecule has 90 valence electrons. The molecule has 0 radical (unpaired) electrons. The second kappa shape index (κ2) is 4.82. The topological polar surface area (TPSA) is 53.1 Å². The number of aromatic nitrogens is 2. The Morgan fingerprint density at radius 2 is 2.12 bits per heavy atom. The number of alkyl halides is 2. The maximum Gasteiger partial charge on any atom is 0.320 e. The summed E-state index contributed by atoms with van der Waals surface area (Å²) in [7, 11) is 0. The van der Waals surface area contributed by atoms with E-state index >= 15 is 0 Å². The summed E-state index contributed by atoms with van der Waals surface area (Å²) >= 11 is 0. The van der Waals surface area contributed by atoms with Gasteiger partial charge in [0.15, 0.2) is 5.82 Å². The highest BCUT2D eigenvalue weighted by atomic mass is 19.3. The van der Waals surface area contributed by atoms with Gasteiger partial charge in [0.05, 0.1) is 5.69 Å². The summed E-state index contributed by atoms with van der Waals surface area (Å²) in [5.41, 5.74) is 6.12. The van der Waals surface area contributed by atoms with Crippen LogP contribution < -0.4 is 10.5 Å². The fraction of sp³-hybridized carbons (Fsp3) is 0.182. The number of nitrogen functional groups attached to an aromatic ring is 1. The van der Waals surface area contributed by atoms with Crippen LogP contribution in [0.3, 0.4) is 0 Å². The number of nitrogens with two attached hydrogens (primary N) is 1. The molecule has 0 amide bonds. The molecule has 2 aromatic rings. The van der Waals surface area contributed by atoms with Crippen molar-refractivity contribution in [1.29, 1.82) is 0 Å². The summed E-state index contributed by atoms with van der Waals surface area (Å²) < 4.78 is 31.1. The zero-order valence-electron chi connectivity index (χ0n) is 8.88. The number of anilines is 1. The molecule has 0 saturated heterocycles. The maximum absolute atomic E-state index is 12.5. The van der Waals surface area contributed by atoms with E-state index in [1.807, 2.05) is 0 Å². The first-order valence-electron chi connectivity index (χ1n) is 4.95. The van der Waals surface area contributed by atoms with E-state index in [9.17, 15) is 8.78 Å². The third kappa shape index (κ3) is 2.52. The molecule has 2 N–H and O–H groups in total. The summed E-state index contributed by atoms with van der Waals surface area (Å²) in [4.78, 5) is 3.80. The normalized spacial score (nSPS) is 10.8. The molecule has 0 aliphatic carbocycles. The van der Waals surface area contributed by atoms with Gasteiger partial charge in [-0.2, -0.15) is 8.78 Å². The number of imidazole rings is 1. The predicted octanol–water partition coefficient (Wildman–Crippen LogP) is 2.44. The van der Waals surface area contributed by atoms with Crippen LogP contribution in [0.1, 0.15) is 12.4 Å². The van der Waals surface area contributed by atoms with Crippen LogP contribution in [0, 0.1) is 0 Å². The van der Waals surface area contributed by atoms with Gasteiger partial charge in [0.25, 0.3) is 0 Å². The van der Waals surface area contributed by atoms with E-state index in [1.165, 1.54) is 12.4 Å². The van der Waals surface area contributed by atoms with Crippen molar-refractivity contribution in [2.75, 3.05) is 5.73 Å². The summed E-state index contributed by atoms with van der Waals surface area (Å²) in [5.74, 6) is 0.611. The van der Waals surface area contributed by atoms with E-state index < -0.39 is 6.55 Å². The highest BCUT2D eigenvalue weighted by Crippen LogP contribution is 2.21. The molecule has 0 aliphatic heterocycles. The lowest BCUT2D eigenvalue weighted by Crippen LogP contribution is -2.07. The fourth-order valence-electron chi connectivity index (χ4n) is 1.39. The lowest BCUT2D eigenvalue weighted by molar-refractivity contribution is 0.0632. The van der Waals surface area contributed by atoms with Crippen LogP contribution in [-0.2, 0) is 6.61 Å². The number of hydrogen-bond donors (Lipinski definition) is 1. The summed E-state index contributed by atoms with van der Waals surface area (Å²) in [5, 5.41) is 0. The molecule has 4 nitrogen and oxygen atoms in total. The first-order chi connectivity index (χ1) is 8.18. The van der Waals surface area contributed by atoms with Crippen molar-refractivity contribution < 1.29 is 13.5 Å². The van der Waals surface area contributed by atoms with Crippen molar-refractivity contribution >= 4 is 5.69 Å². The van der Waals surface area contributed by atoms with Gasteiger partial charge in [0, 0.05) is 12.4 Å². The Morgan fingerprint density at radius 3 is 2.82 bits per heavy atom. The molecule has 6 heteroatoms. The van der Waals surface area contributed by atoms with Crippen LogP contribution in [0.4, 0.5) is 14.5 Å². The first kappa shape index (κ1) is 11.4. The second-order valence-corrected chi connectivity index (χ2v) is 3.35. The Bertz CT molecular complexity index is 499. The molecule has 0 unspecified atom stereocenters. The van der Waals surface area contributed by atoms with Crippen molar-refractivity contribution in [2.45, 2.75) is 13.2 Å². The molecule has 0 atom stereocenters. The van der Waals surface area contributed by atoms with E-state index in [4.69, 9.17) is 10.5 Å². The molecular formula is C11H11F2N3O. The van der Waals surface area contributed by atoms with Gasteiger partial charge >= 0.3 is 6.55 Å². The Morgan fingerprint density at radius 1 is 1.35 bits per heavy atom. The fourth-order valence-corrected chi connectivity index (χ4v) is 1.39. The van der Waals surface area contributed by atoms with Gasteiger partial charge in [-0.1, -0.05) is 12.1 Å². The van der Waals surface area contributed by atoms with Gasteiger partial charge < -0.3 is 10.5 Å². The molecule has 0 fully saturated rings. The summed E-state index contributed by atoms with van der Waals surface area (Å²) in [6.07, 6.45) is 2.51. The molecule has 0 saturated carbocycles. The minimum Gasteiger partial charge on any atom is -0.484 e. The number of rotatable bonds is 4. The lowest BCUT2D eigenvalue weighted by atomic mass is 10.3. The van der Waals surface area contributed by atoms with Gasteiger partial charge in [-0.15, -0.1) is 0 Å². The van der Waals surface area contributed by atoms with Gasteiger partial charge in [0.1, 0.15) is 12.4 Å². The smallest absolute Gasteiger partial charge is 0.320 e. The average Bonchev–Trinajstić information content (AvgIpc) is 2.76. The predicted molar refractivity (Wildman–Crippen MR) is 58.7 cm³/mol. The molecule has 0 spiro atoms. The first-order valence-corrected chi connectivity index (χ1v) is 4.95. The number of para-hydroxylation sites is 2. The molecule has 2 rings (SSSR count). The Kier molecular flexibility index (Phi) is 3.22. The van der Waals surface area contributed by atoms with E-state index in [0.29, 0.717) is 11.4 Å². The number of benzene rings is 1. The molecule has 1 aromatic heterocycles. The van der Waals surface area contributed by atoms with Gasteiger partial charge in [-0.25, -0.2) is 4.98 Å². The van der Waals surface area contributed by atoms with Gasteiger partial charge in [0.2, 0.25) is 0 Å². The van der Waals surface area contributed by atoms with Crippen molar-refractivity contribution in [3.63, 3.8) is 0 Å². The third-order valence-corrected chi connectivity index (χ3v) is 2.23. The van der Waals surface area contributed by atoms with Crippen LogP contribution in [0.15, 0.2) is 36.7 Å². The van der Waals surface area contributed by atoms with Crippen LogP contribution in [0.2, 0.25) is 0 Å². The van der Waals surface area contributed by atoms with E-state index in [-0.39, 0.29) is 12.4 Å². The quantitative estimate of drug-likeness (QED) is 0.834. The highest BCUT2D eigenvalue weighted by molar-refractivity contribution is 5.51. The van der Waals surface area contributed by atoms with Crippen LogP contribution >= 0.6 is 0 Å². The minimum atomic E-state index is -2.62. The number of halogens is 2. The summed E-state index contributed by atoms with van der Waals surface area (Å²) in [6, 6.07) is 6.87. The molecule has 17 heavy (non-hydrogen) atoms. The minimum absolute atomic E-state index is 0.0500. The Balaban J connectivity index is 2.08. The SMILES string of the molecule is Nc1ccccc1OCc1nccn1C(F)F. The zero-order valence-corrected chi connectivity index (χ0v) is 8.88. The van der Waals surface area contributed by atoms with E-state index in [2.05, 4.69) is 4.98 Å². The average molecular weight is 239 g/mol. The van der Waals surface area contributed by atoms with Crippen molar-refractivity contribution in [1.82, 2.24) is 9.55 Å².